The Kier molecular flexibility index (Phi) is 8.41. The molecule has 2 N–H and O–H groups in total. The maximum absolute atomic E-state index is 13.3. The molecule has 0 aliphatic carbocycles. The third kappa shape index (κ3) is 5.25. The fourth-order valence-electron chi connectivity index (χ4n) is 4.27. The highest BCUT2D eigenvalue weighted by molar-refractivity contribution is 7.98. The summed E-state index contributed by atoms with van der Waals surface area (Å²) in [5.41, 5.74) is 8.78. The molecule has 3 aromatic carbocycles. The van der Waals surface area contributed by atoms with Crippen LogP contribution in [0.15, 0.2) is 106 Å². The van der Waals surface area contributed by atoms with E-state index in [1.54, 1.807) is 36.4 Å². The number of ether oxygens (including phenoxy) is 2. The number of allylic oxidation sites excluding steroid dienone is 1. The van der Waals surface area contributed by atoms with Crippen LogP contribution in [0.4, 0.5) is 5.69 Å². The van der Waals surface area contributed by atoms with Crippen molar-refractivity contribution in [1.29, 1.82) is 5.26 Å². The number of anilines is 1. The van der Waals surface area contributed by atoms with Crippen molar-refractivity contribution in [3.63, 3.8) is 0 Å². The van der Waals surface area contributed by atoms with Gasteiger partial charge in [0, 0.05) is 15.7 Å². The van der Waals surface area contributed by atoms with E-state index in [2.05, 4.69) is 6.07 Å². The standard InChI is InChI=1S/C29H24ClN3O4S/c1-36-28(34)25-24(19-8-4-3-5-9-19)21(16-31)27(32)33(26(25)29(35)37-2)22-10-6-7-11-23(22)38-17-18-12-14-20(30)15-13-18/h3-15,24H,17,32H2,1-2H3. The number of carbonyl (C=O) groups excluding carboxylic acids is 2. The lowest BCUT2D eigenvalue weighted by atomic mass is 9.81. The van der Waals surface area contributed by atoms with E-state index in [1.807, 2.05) is 42.5 Å². The van der Waals surface area contributed by atoms with E-state index in [1.165, 1.54) is 30.9 Å². The number of nitrogens with zero attached hydrogens (tertiary/aromatic N) is 2. The van der Waals surface area contributed by atoms with Crippen LogP contribution < -0.4 is 10.6 Å². The van der Waals surface area contributed by atoms with Gasteiger partial charge in [-0.25, -0.2) is 9.59 Å². The van der Waals surface area contributed by atoms with Gasteiger partial charge in [0.05, 0.1) is 43.0 Å². The molecule has 0 radical (unpaired) electrons. The van der Waals surface area contributed by atoms with Gasteiger partial charge in [-0.15, -0.1) is 11.8 Å². The number of rotatable bonds is 7. The topological polar surface area (TPSA) is 106 Å². The van der Waals surface area contributed by atoms with Gasteiger partial charge in [-0.3, -0.25) is 4.90 Å². The molecule has 1 unspecified atom stereocenters. The van der Waals surface area contributed by atoms with Crippen LogP contribution in [-0.2, 0) is 24.8 Å². The average Bonchev–Trinajstić information content (AvgIpc) is 2.96. The van der Waals surface area contributed by atoms with Gasteiger partial charge in [0.25, 0.3) is 0 Å². The molecule has 0 spiro atoms. The maximum Gasteiger partial charge on any atom is 0.355 e. The van der Waals surface area contributed by atoms with Crippen molar-refractivity contribution in [2.45, 2.75) is 16.6 Å². The molecule has 0 amide bonds. The molecular weight excluding hydrogens is 522 g/mol. The number of para-hydroxylation sites is 1. The van der Waals surface area contributed by atoms with E-state index in [-0.39, 0.29) is 22.7 Å². The van der Waals surface area contributed by atoms with Crippen molar-refractivity contribution in [1.82, 2.24) is 0 Å². The van der Waals surface area contributed by atoms with Crippen LogP contribution in [0, 0.1) is 11.3 Å². The van der Waals surface area contributed by atoms with Crippen molar-refractivity contribution in [3.8, 4) is 6.07 Å². The van der Waals surface area contributed by atoms with Crippen LogP contribution in [0.2, 0.25) is 5.02 Å². The van der Waals surface area contributed by atoms with E-state index < -0.39 is 17.9 Å². The Hall–Kier alpha value is -4.19. The Labute approximate surface area is 230 Å². The molecule has 0 bridgehead atoms. The third-order valence-electron chi connectivity index (χ3n) is 6.02. The predicted octanol–water partition coefficient (Wildman–Crippen LogP) is 5.53. The second kappa shape index (κ2) is 11.9. The van der Waals surface area contributed by atoms with E-state index in [4.69, 9.17) is 26.8 Å². The molecule has 0 aromatic heterocycles. The van der Waals surface area contributed by atoms with Gasteiger partial charge in [-0.2, -0.15) is 5.26 Å². The number of hydrogen-bond donors (Lipinski definition) is 1. The summed E-state index contributed by atoms with van der Waals surface area (Å²) in [6.07, 6.45) is 0. The molecule has 0 saturated carbocycles. The minimum absolute atomic E-state index is 0.0222. The predicted molar refractivity (Wildman–Crippen MR) is 147 cm³/mol. The lowest BCUT2D eigenvalue weighted by molar-refractivity contribution is -0.139. The summed E-state index contributed by atoms with van der Waals surface area (Å²) in [5, 5.41) is 10.9. The number of carbonyl (C=O) groups is 2. The summed E-state index contributed by atoms with van der Waals surface area (Å²) in [6.45, 7) is 0. The molecule has 3 aromatic rings. The van der Waals surface area contributed by atoms with Gasteiger partial charge in [0.15, 0.2) is 0 Å². The minimum atomic E-state index is -0.923. The van der Waals surface area contributed by atoms with Gasteiger partial charge in [-0.05, 0) is 35.4 Å². The normalized spacial score (nSPS) is 15.2. The molecule has 38 heavy (non-hydrogen) atoms. The molecular formula is C29H24ClN3O4S. The van der Waals surface area contributed by atoms with E-state index in [0.717, 1.165) is 10.5 Å². The number of nitrogens with two attached hydrogens (primary N) is 1. The summed E-state index contributed by atoms with van der Waals surface area (Å²) in [6, 6.07) is 25.9. The molecule has 192 valence electrons. The van der Waals surface area contributed by atoms with Crippen molar-refractivity contribution in [2.75, 3.05) is 19.1 Å². The third-order valence-corrected chi connectivity index (χ3v) is 7.41. The molecule has 7 nitrogen and oxygen atoms in total. The molecule has 1 aliphatic heterocycles. The summed E-state index contributed by atoms with van der Waals surface area (Å²) in [7, 11) is 2.45. The second-order valence-corrected chi connectivity index (χ2v) is 9.67. The fraction of sp³-hybridized carbons (Fsp3) is 0.138. The highest BCUT2D eigenvalue weighted by Gasteiger charge is 2.43. The van der Waals surface area contributed by atoms with Crippen LogP contribution in [0.25, 0.3) is 0 Å². The Balaban J connectivity index is 1.92. The molecule has 0 saturated heterocycles. The zero-order valence-electron chi connectivity index (χ0n) is 20.7. The van der Waals surface area contributed by atoms with E-state index in [9.17, 15) is 14.9 Å². The highest BCUT2D eigenvalue weighted by Crippen LogP contribution is 2.45. The SMILES string of the molecule is COC(=O)C1=C(C(=O)OC)N(c2ccccc2SCc2ccc(Cl)cc2)C(N)=C(C#N)C1c1ccccc1. The summed E-state index contributed by atoms with van der Waals surface area (Å²) in [4.78, 5) is 28.7. The molecule has 0 fully saturated rings. The smallest absolute Gasteiger partial charge is 0.355 e. The number of methoxy groups -OCH3 is 2. The molecule has 1 aliphatic rings. The van der Waals surface area contributed by atoms with Crippen LogP contribution in [0.3, 0.4) is 0 Å². The quantitative estimate of drug-likeness (QED) is 0.305. The van der Waals surface area contributed by atoms with E-state index in [0.29, 0.717) is 22.0 Å². The van der Waals surface area contributed by atoms with E-state index >= 15 is 0 Å². The Morgan fingerprint density at radius 3 is 2.24 bits per heavy atom. The fourth-order valence-corrected chi connectivity index (χ4v) is 5.39. The lowest BCUT2D eigenvalue weighted by Gasteiger charge is -2.36. The Morgan fingerprint density at radius 1 is 0.974 bits per heavy atom. The number of thioether (sulfide) groups is 1. The number of esters is 2. The monoisotopic (exact) mass is 545 g/mol. The second-order valence-electron chi connectivity index (χ2n) is 8.22. The van der Waals surface area contributed by atoms with Gasteiger partial charge in [-0.1, -0.05) is 66.2 Å². The molecule has 1 heterocycles. The zero-order valence-corrected chi connectivity index (χ0v) is 22.3. The first-order valence-electron chi connectivity index (χ1n) is 11.5. The Morgan fingerprint density at radius 2 is 1.61 bits per heavy atom. The van der Waals surface area contributed by atoms with Gasteiger partial charge in [0.2, 0.25) is 0 Å². The van der Waals surface area contributed by atoms with Crippen molar-refractivity contribution >= 4 is 41.0 Å². The van der Waals surface area contributed by atoms with Crippen molar-refractivity contribution < 1.29 is 19.1 Å². The van der Waals surface area contributed by atoms with Crippen LogP contribution in [0.1, 0.15) is 17.0 Å². The number of benzene rings is 3. The maximum atomic E-state index is 13.3. The minimum Gasteiger partial charge on any atom is -0.466 e. The van der Waals surface area contributed by atoms with Gasteiger partial charge >= 0.3 is 11.9 Å². The molecule has 4 rings (SSSR count). The van der Waals surface area contributed by atoms with Gasteiger partial charge in [0.1, 0.15) is 11.5 Å². The molecule has 9 heteroatoms. The first kappa shape index (κ1) is 26.9. The van der Waals surface area contributed by atoms with Crippen molar-refractivity contribution in [3.05, 3.63) is 118 Å². The van der Waals surface area contributed by atoms with Crippen LogP contribution in [0.5, 0.6) is 0 Å². The van der Waals surface area contributed by atoms with Crippen molar-refractivity contribution in [2.24, 2.45) is 5.73 Å². The number of halogens is 1. The zero-order chi connectivity index (χ0) is 27.2. The van der Waals surface area contributed by atoms with Crippen LogP contribution in [-0.4, -0.2) is 26.2 Å². The first-order valence-corrected chi connectivity index (χ1v) is 12.9. The number of hydrogen-bond acceptors (Lipinski definition) is 8. The van der Waals surface area contributed by atoms with Gasteiger partial charge < -0.3 is 15.2 Å². The largest absolute Gasteiger partial charge is 0.466 e. The number of nitriles is 1. The summed E-state index contributed by atoms with van der Waals surface area (Å²) >= 11 is 7.53. The molecule has 1 atom stereocenters. The highest BCUT2D eigenvalue weighted by atomic mass is 35.5. The Bertz CT molecular complexity index is 1460. The summed E-state index contributed by atoms with van der Waals surface area (Å²) in [5.74, 6) is -1.86. The lowest BCUT2D eigenvalue weighted by Crippen LogP contribution is -2.41. The summed E-state index contributed by atoms with van der Waals surface area (Å²) < 4.78 is 10.2. The first-order chi connectivity index (χ1) is 18.4. The average molecular weight is 546 g/mol. The van der Waals surface area contributed by atoms with Crippen LogP contribution >= 0.6 is 23.4 Å².